The van der Waals surface area contributed by atoms with Crippen LogP contribution < -0.4 is 15.8 Å². The first-order valence-electron chi connectivity index (χ1n) is 5.26. The van der Waals surface area contributed by atoms with E-state index in [2.05, 4.69) is 17.2 Å². The molecule has 1 atom stereocenters. The lowest BCUT2D eigenvalue weighted by molar-refractivity contribution is 0.398. The van der Waals surface area contributed by atoms with Gasteiger partial charge in [-0.15, -0.1) is 0 Å². The Labute approximate surface area is 89.8 Å². The molecule has 0 aliphatic carbocycles. The Kier molecular flexibility index (Phi) is 2.77. The fourth-order valence-electron chi connectivity index (χ4n) is 1.99. The normalized spacial score (nSPS) is 20.5. The number of hydrogen-bond acceptors (Lipinski definition) is 4. The molecule has 0 aromatic carbocycles. The van der Waals surface area contributed by atoms with Crippen LogP contribution in [0.25, 0.3) is 0 Å². The average molecular weight is 207 g/mol. The van der Waals surface area contributed by atoms with E-state index in [0.29, 0.717) is 17.5 Å². The van der Waals surface area contributed by atoms with Crippen molar-refractivity contribution < 1.29 is 4.74 Å². The summed E-state index contributed by atoms with van der Waals surface area (Å²) in [5, 5.41) is 3.38. The quantitative estimate of drug-likeness (QED) is 0.719. The third-order valence-electron chi connectivity index (χ3n) is 2.84. The van der Waals surface area contributed by atoms with Crippen molar-refractivity contribution in [3.05, 3.63) is 17.3 Å². The van der Waals surface area contributed by atoms with E-state index in [1.165, 1.54) is 5.56 Å². The molecule has 0 bridgehead atoms. The topological polar surface area (TPSA) is 60.2 Å². The number of aromatic nitrogens is 1. The molecule has 0 amide bonds. The van der Waals surface area contributed by atoms with E-state index in [-0.39, 0.29) is 0 Å². The minimum absolute atomic E-state index is 0.461. The summed E-state index contributed by atoms with van der Waals surface area (Å²) in [6.45, 7) is 4.14. The van der Waals surface area contributed by atoms with Crippen LogP contribution in [0.2, 0.25) is 0 Å². The van der Waals surface area contributed by atoms with Crippen molar-refractivity contribution in [3.63, 3.8) is 0 Å². The van der Waals surface area contributed by atoms with Crippen LogP contribution in [0, 0.1) is 0 Å². The first-order valence-corrected chi connectivity index (χ1v) is 5.26. The van der Waals surface area contributed by atoms with E-state index in [9.17, 15) is 0 Å². The molecule has 1 aliphatic heterocycles. The van der Waals surface area contributed by atoms with Crippen molar-refractivity contribution in [2.24, 2.45) is 0 Å². The molecule has 1 aromatic rings. The van der Waals surface area contributed by atoms with Gasteiger partial charge in [-0.1, -0.05) is 6.92 Å². The zero-order valence-corrected chi connectivity index (χ0v) is 9.21. The van der Waals surface area contributed by atoms with Crippen molar-refractivity contribution in [2.75, 3.05) is 25.9 Å². The predicted molar refractivity (Wildman–Crippen MR) is 60.2 cm³/mol. The number of nitrogens with one attached hydrogen (secondary N) is 1. The van der Waals surface area contributed by atoms with Gasteiger partial charge in [0, 0.05) is 25.2 Å². The van der Waals surface area contributed by atoms with Crippen molar-refractivity contribution in [2.45, 2.75) is 19.3 Å². The number of hydrogen-bond donors (Lipinski definition) is 2. The van der Waals surface area contributed by atoms with Gasteiger partial charge in [0.1, 0.15) is 0 Å². The molecule has 0 saturated heterocycles. The second-order valence-electron chi connectivity index (χ2n) is 3.98. The molecule has 1 unspecified atom stereocenters. The minimum Gasteiger partial charge on any atom is -0.480 e. The van der Waals surface area contributed by atoms with Gasteiger partial charge in [-0.2, -0.15) is 0 Å². The number of rotatable bonds is 1. The van der Waals surface area contributed by atoms with Crippen molar-refractivity contribution in [1.29, 1.82) is 0 Å². The molecular formula is C11H17N3O. The van der Waals surface area contributed by atoms with E-state index >= 15 is 0 Å². The van der Waals surface area contributed by atoms with Crippen LogP contribution in [-0.4, -0.2) is 25.2 Å². The third-order valence-corrected chi connectivity index (χ3v) is 2.84. The number of fused-ring (bicyclic) bond motifs is 1. The van der Waals surface area contributed by atoms with E-state index in [1.807, 2.05) is 6.07 Å². The summed E-state index contributed by atoms with van der Waals surface area (Å²) in [7, 11) is 1.60. The van der Waals surface area contributed by atoms with Crippen LogP contribution in [-0.2, 0) is 6.42 Å². The lowest BCUT2D eigenvalue weighted by Gasteiger charge is -2.14. The lowest BCUT2D eigenvalue weighted by atomic mass is 9.99. The Hall–Kier alpha value is -1.29. The fraction of sp³-hybridized carbons (Fsp3) is 0.545. The summed E-state index contributed by atoms with van der Waals surface area (Å²) in [4.78, 5) is 4.45. The highest BCUT2D eigenvalue weighted by atomic mass is 16.5. The van der Waals surface area contributed by atoms with Crippen LogP contribution in [0.4, 0.5) is 5.69 Å². The van der Waals surface area contributed by atoms with Gasteiger partial charge in [-0.25, -0.2) is 4.98 Å². The number of nitrogens with zero attached hydrogens (tertiary/aromatic N) is 1. The smallest absolute Gasteiger partial charge is 0.237 e. The Morgan fingerprint density at radius 1 is 1.60 bits per heavy atom. The van der Waals surface area contributed by atoms with Gasteiger partial charge in [0.25, 0.3) is 0 Å². The Morgan fingerprint density at radius 3 is 3.13 bits per heavy atom. The summed E-state index contributed by atoms with van der Waals surface area (Å²) in [5.74, 6) is 1.01. The summed E-state index contributed by atoms with van der Waals surface area (Å²) >= 11 is 0. The monoisotopic (exact) mass is 207 g/mol. The average Bonchev–Trinajstić information content (AvgIpc) is 2.40. The van der Waals surface area contributed by atoms with E-state index < -0.39 is 0 Å². The molecule has 4 heteroatoms. The molecular weight excluding hydrogens is 190 g/mol. The molecule has 0 radical (unpaired) electrons. The number of anilines is 1. The highest BCUT2D eigenvalue weighted by Crippen LogP contribution is 2.28. The maximum absolute atomic E-state index is 5.86. The van der Waals surface area contributed by atoms with Gasteiger partial charge >= 0.3 is 0 Å². The van der Waals surface area contributed by atoms with Crippen LogP contribution >= 0.6 is 0 Å². The third kappa shape index (κ3) is 1.90. The Bertz CT molecular complexity index is 365. The maximum atomic E-state index is 5.86. The highest BCUT2D eigenvalue weighted by molar-refractivity contribution is 5.52. The molecule has 82 valence electrons. The minimum atomic E-state index is 0.461. The number of methoxy groups -OCH3 is 1. The van der Waals surface area contributed by atoms with Gasteiger partial charge < -0.3 is 15.8 Å². The Balaban J connectivity index is 2.46. The molecule has 0 fully saturated rings. The van der Waals surface area contributed by atoms with Crippen molar-refractivity contribution in [1.82, 2.24) is 10.3 Å². The van der Waals surface area contributed by atoms with Gasteiger partial charge in [-0.05, 0) is 17.5 Å². The van der Waals surface area contributed by atoms with E-state index in [4.69, 9.17) is 10.5 Å². The molecule has 2 heterocycles. The van der Waals surface area contributed by atoms with Gasteiger partial charge in [0.2, 0.25) is 5.88 Å². The van der Waals surface area contributed by atoms with Crippen molar-refractivity contribution >= 4 is 5.69 Å². The molecule has 0 saturated carbocycles. The zero-order chi connectivity index (χ0) is 10.8. The van der Waals surface area contributed by atoms with E-state index in [1.54, 1.807) is 7.11 Å². The largest absolute Gasteiger partial charge is 0.480 e. The number of pyridine rings is 1. The van der Waals surface area contributed by atoms with Gasteiger partial charge in [0.05, 0.1) is 12.8 Å². The molecule has 3 N–H and O–H groups in total. The van der Waals surface area contributed by atoms with Gasteiger partial charge in [0.15, 0.2) is 0 Å². The first kappa shape index (κ1) is 10.2. The molecule has 2 rings (SSSR count). The molecule has 4 nitrogen and oxygen atoms in total. The summed E-state index contributed by atoms with van der Waals surface area (Å²) in [5.41, 5.74) is 8.85. The van der Waals surface area contributed by atoms with Crippen LogP contribution in [0.1, 0.15) is 24.1 Å². The van der Waals surface area contributed by atoms with Crippen LogP contribution in [0.15, 0.2) is 6.07 Å². The maximum Gasteiger partial charge on any atom is 0.237 e. The molecule has 15 heavy (non-hydrogen) atoms. The molecule has 1 aliphatic rings. The molecule has 0 spiro atoms. The number of nitrogen functional groups attached to an aromatic ring is 1. The highest BCUT2D eigenvalue weighted by Gasteiger charge is 2.18. The van der Waals surface area contributed by atoms with E-state index in [0.717, 1.165) is 25.2 Å². The second kappa shape index (κ2) is 4.06. The summed E-state index contributed by atoms with van der Waals surface area (Å²) in [6.07, 6.45) is 0.941. The number of ether oxygens (including phenoxy) is 1. The summed E-state index contributed by atoms with van der Waals surface area (Å²) in [6, 6.07) is 2.00. The molecule has 1 aromatic heterocycles. The summed E-state index contributed by atoms with van der Waals surface area (Å²) < 4.78 is 5.13. The van der Waals surface area contributed by atoms with Crippen LogP contribution in [0.3, 0.4) is 0 Å². The van der Waals surface area contributed by atoms with Crippen molar-refractivity contribution in [3.8, 4) is 5.88 Å². The standard InChI is InChI=1S/C11H17N3O/c1-7-6-13-4-3-10-8(7)5-9(12)11(14-10)15-2/h5,7,13H,3-4,6,12H2,1-2H3. The lowest BCUT2D eigenvalue weighted by Crippen LogP contribution is -2.18. The predicted octanol–water partition coefficient (Wildman–Crippen LogP) is 0.922. The second-order valence-corrected chi connectivity index (χ2v) is 3.98. The first-order chi connectivity index (χ1) is 7.22. The SMILES string of the molecule is COc1nc2c(cc1N)C(C)CNCC2. The number of nitrogens with two attached hydrogens (primary N) is 1. The fourth-order valence-corrected chi connectivity index (χ4v) is 1.99. The Morgan fingerprint density at radius 2 is 2.40 bits per heavy atom. The van der Waals surface area contributed by atoms with Crippen LogP contribution in [0.5, 0.6) is 5.88 Å². The zero-order valence-electron chi connectivity index (χ0n) is 9.21. The van der Waals surface area contributed by atoms with Gasteiger partial charge in [-0.3, -0.25) is 0 Å².